The number of halogens is 1. The zero-order chi connectivity index (χ0) is 14.5. The summed E-state index contributed by atoms with van der Waals surface area (Å²) in [5, 5.41) is 3.24. The minimum Gasteiger partial charge on any atom is -0.457 e. The van der Waals surface area contributed by atoms with Crippen molar-refractivity contribution in [1.29, 1.82) is 0 Å². The Morgan fingerprint density at radius 3 is 2.60 bits per heavy atom. The maximum Gasteiger partial charge on any atom is 0.130 e. The van der Waals surface area contributed by atoms with Crippen LogP contribution in [-0.2, 0) is 6.42 Å². The molecule has 20 heavy (non-hydrogen) atoms. The molecule has 0 amide bonds. The molecular weight excluding hydrogens is 314 g/mol. The van der Waals surface area contributed by atoms with Gasteiger partial charge >= 0.3 is 0 Å². The van der Waals surface area contributed by atoms with Crippen molar-refractivity contribution in [3.63, 3.8) is 0 Å². The molecule has 106 valence electrons. The van der Waals surface area contributed by atoms with Gasteiger partial charge in [0, 0.05) is 10.5 Å². The van der Waals surface area contributed by atoms with E-state index in [0.29, 0.717) is 6.04 Å². The number of hydrogen-bond acceptors (Lipinski definition) is 2. The van der Waals surface area contributed by atoms with E-state index in [-0.39, 0.29) is 0 Å². The summed E-state index contributed by atoms with van der Waals surface area (Å²) in [6.07, 6.45) is 0.964. The lowest BCUT2D eigenvalue weighted by Crippen LogP contribution is -2.12. The highest BCUT2D eigenvalue weighted by Gasteiger charge is 2.09. The van der Waals surface area contributed by atoms with Crippen molar-refractivity contribution in [3.8, 4) is 11.5 Å². The number of aryl methyl sites for hydroxylation is 1. The molecule has 0 aliphatic heterocycles. The summed E-state index contributed by atoms with van der Waals surface area (Å²) in [5.74, 6) is 1.78. The molecule has 0 spiro atoms. The first-order chi connectivity index (χ1) is 9.65. The summed E-state index contributed by atoms with van der Waals surface area (Å²) in [4.78, 5) is 0. The first-order valence-corrected chi connectivity index (χ1v) is 7.67. The number of benzene rings is 2. The van der Waals surface area contributed by atoms with Crippen molar-refractivity contribution in [3.05, 3.63) is 58.1 Å². The zero-order valence-corrected chi connectivity index (χ0v) is 13.7. The highest BCUT2D eigenvalue weighted by molar-refractivity contribution is 9.10. The maximum absolute atomic E-state index is 6.00. The highest BCUT2D eigenvalue weighted by Crippen LogP contribution is 2.31. The Kier molecular flexibility index (Phi) is 5.21. The summed E-state index contributed by atoms with van der Waals surface area (Å²) < 4.78 is 7.06. The molecule has 2 aromatic rings. The number of rotatable bonds is 5. The third-order valence-corrected chi connectivity index (χ3v) is 4.14. The second-order valence-electron chi connectivity index (χ2n) is 4.76. The Morgan fingerprint density at radius 2 is 1.95 bits per heavy atom. The smallest absolute Gasteiger partial charge is 0.130 e. The minimum atomic E-state index is 0.307. The lowest BCUT2D eigenvalue weighted by atomic mass is 10.1. The van der Waals surface area contributed by atoms with Gasteiger partial charge in [-0.2, -0.15) is 0 Å². The zero-order valence-electron chi connectivity index (χ0n) is 12.1. The van der Waals surface area contributed by atoms with Crippen LogP contribution >= 0.6 is 15.9 Å². The molecule has 0 aliphatic rings. The van der Waals surface area contributed by atoms with Gasteiger partial charge in [0.15, 0.2) is 0 Å². The molecule has 1 N–H and O–H groups in total. The molecule has 0 saturated heterocycles. The maximum atomic E-state index is 6.00. The van der Waals surface area contributed by atoms with E-state index in [4.69, 9.17) is 4.74 Å². The van der Waals surface area contributed by atoms with Gasteiger partial charge in [0.25, 0.3) is 0 Å². The van der Waals surface area contributed by atoms with Crippen LogP contribution in [0.1, 0.15) is 31.0 Å². The Morgan fingerprint density at radius 1 is 1.20 bits per heavy atom. The summed E-state index contributed by atoms with van der Waals surface area (Å²) in [6, 6.07) is 14.6. The largest absolute Gasteiger partial charge is 0.457 e. The summed E-state index contributed by atoms with van der Waals surface area (Å²) >= 11 is 3.62. The predicted octanol–water partition coefficient (Wildman–Crippen LogP) is 5.08. The van der Waals surface area contributed by atoms with Crippen molar-refractivity contribution < 1.29 is 4.74 Å². The molecule has 0 heterocycles. The fourth-order valence-corrected chi connectivity index (χ4v) is 2.80. The number of ether oxygens (including phenoxy) is 1. The third-order valence-electron chi connectivity index (χ3n) is 3.45. The normalized spacial score (nSPS) is 12.2. The van der Waals surface area contributed by atoms with Gasteiger partial charge in [-0.1, -0.05) is 47.1 Å². The van der Waals surface area contributed by atoms with E-state index in [9.17, 15) is 0 Å². The fraction of sp³-hybridized carbons (Fsp3) is 0.294. The molecule has 2 aromatic carbocycles. The molecule has 1 unspecified atom stereocenters. The van der Waals surface area contributed by atoms with Crippen LogP contribution in [0.4, 0.5) is 0 Å². The minimum absolute atomic E-state index is 0.307. The lowest BCUT2D eigenvalue weighted by Gasteiger charge is -2.15. The van der Waals surface area contributed by atoms with Crippen molar-refractivity contribution in [2.24, 2.45) is 0 Å². The quantitative estimate of drug-likeness (QED) is 0.823. The molecule has 0 aliphatic carbocycles. The van der Waals surface area contributed by atoms with Crippen LogP contribution in [-0.4, -0.2) is 7.05 Å². The van der Waals surface area contributed by atoms with Gasteiger partial charge in [-0.05, 0) is 49.7 Å². The van der Waals surface area contributed by atoms with E-state index < -0.39 is 0 Å². The van der Waals surface area contributed by atoms with Gasteiger partial charge in [0.1, 0.15) is 11.5 Å². The van der Waals surface area contributed by atoms with E-state index in [0.717, 1.165) is 22.4 Å². The second kappa shape index (κ2) is 6.91. The average Bonchev–Trinajstić information content (AvgIpc) is 2.47. The predicted molar refractivity (Wildman–Crippen MR) is 87.5 cm³/mol. The third kappa shape index (κ3) is 3.41. The van der Waals surface area contributed by atoms with Crippen molar-refractivity contribution in [1.82, 2.24) is 5.32 Å². The standard InChI is InChI=1S/C17H20BrNO/c1-4-13-7-5-6-8-17(13)20-14-9-10-15(12(2)19-3)16(18)11-14/h5-12,19H,4H2,1-3H3. The molecule has 0 saturated carbocycles. The summed E-state index contributed by atoms with van der Waals surface area (Å²) in [6.45, 7) is 4.27. The molecular formula is C17H20BrNO. The number of nitrogens with one attached hydrogen (secondary N) is 1. The Labute approximate surface area is 129 Å². The lowest BCUT2D eigenvalue weighted by molar-refractivity contribution is 0.476. The van der Waals surface area contributed by atoms with Crippen molar-refractivity contribution in [2.45, 2.75) is 26.3 Å². The molecule has 0 bridgehead atoms. The monoisotopic (exact) mass is 333 g/mol. The van der Waals surface area contributed by atoms with Gasteiger partial charge in [0.05, 0.1) is 0 Å². The Hall–Kier alpha value is -1.32. The van der Waals surface area contributed by atoms with Crippen LogP contribution < -0.4 is 10.1 Å². The molecule has 1 atom stereocenters. The van der Waals surface area contributed by atoms with E-state index in [1.165, 1.54) is 11.1 Å². The SMILES string of the molecule is CCc1ccccc1Oc1ccc(C(C)NC)c(Br)c1. The van der Waals surface area contributed by atoms with E-state index in [1.54, 1.807) is 0 Å². The van der Waals surface area contributed by atoms with E-state index >= 15 is 0 Å². The van der Waals surface area contributed by atoms with Crippen molar-refractivity contribution >= 4 is 15.9 Å². The Bertz CT molecular complexity index is 583. The fourth-order valence-electron chi connectivity index (χ4n) is 2.10. The summed E-state index contributed by atoms with van der Waals surface area (Å²) in [5.41, 5.74) is 2.44. The van der Waals surface area contributed by atoms with Crippen LogP contribution in [0.25, 0.3) is 0 Å². The molecule has 0 radical (unpaired) electrons. The van der Waals surface area contributed by atoms with Crippen LogP contribution in [0.2, 0.25) is 0 Å². The van der Waals surface area contributed by atoms with Crippen molar-refractivity contribution in [2.75, 3.05) is 7.05 Å². The van der Waals surface area contributed by atoms with Crippen LogP contribution in [0.5, 0.6) is 11.5 Å². The first kappa shape index (κ1) is 15.1. The topological polar surface area (TPSA) is 21.3 Å². The van der Waals surface area contributed by atoms with Gasteiger partial charge < -0.3 is 10.1 Å². The van der Waals surface area contributed by atoms with Crippen LogP contribution in [0.15, 0.2) is 46.9 Å². The van der Waals surface area contributed by atoms with Crippen LogP contribution in [0, 0.1) is 0 Å². The number of hydrogen-bond donors (Lipinski definition) is 1. The van der Waals surface area contributed by atoms with Gasteiger partial charge in [-0.25, -0.2) is 0 Å². The molecule has 0 aromatic heterocycles. The molecule has 2 rings (SSSR count). The number of para-hydroxylation sites is 1. The first-order valence-electron chi connectivity index (χ1n) is 6.88. The highest BCUT2D eigenvalue weighted by atomic mass is 79.9. The Balaban J connectivity index is 2.24. The average molecular weight is 334 g/mol. The van der Waals surface area contributed by atoms with Gasteiger partial charge in [-0.15, -0.1) is 0 Å². The van der Waals surface area contributed by atoms with E-state index in [2.05, 4.69) is 47.2 Å². The second-order valence-corrected chi connectivity index (χ2v) is 5.61. The molecule has 3 heteroatoms. The van der Waals surface area contributed by atoms with Gasteiger partial charge in [0.2, 0.25) is 0 Å². The molecule has 2 nitrogen and oxygen atoms in total. The molecule has 0 fully saturated rings. The van der Waals surface area contributed by atoms with Gasteiger partial charge in [-0.3, -0.25) is 0 Å². The van der Waals surface area contributed by atoms with Crippen LogP contribution in [0.3, 0.4) is 0 Å². The summed E-state index contributed by atoms with van der Waals surface area (Å²) in [7, 11) is 1.96. The van der Waals surface area contributed by atoms with E-state index in [1.807, 2.05) is 37.4 Å².